The van der Waals surface area contributed by atoms with Gasteiger partial charge in [0.1, 0.15) is 0 Å². The zero-order valence-corrected chi connectivity index (χ0v) is 14.0. The molecule has 1 aliphatic carbocycles. The minimum atomic E-state index is 0.471. The second-order valence-electron chi connectivity index (χ2n) is 5.63. The van der Waals surface area contributed by atoms with E-state index in [9.17, 15) is 0 Å². The number of aromatic nitrogens is 3. The lowest BCUT2D eigenvalue weighted by Gasteiger charge is -2.26. The van der Waals surface area contributed by atoms with E-state index in [4.69, 9.17) is 14.6 Å². The summed E-state index contributed by atoms with van der Waals surface area (Å²) in [6.45, 7) is 0. The Morgan fingerprint density at radius 3 is 2.83 bits per heavy atom. The Hall–Kier alpha value is -2.02. The summed E-state index contributed by atoms with van der Waals surface area (Å²) in [5, 5.41) is 14.8. The lowest BCUT2D eigenvalue weighted by molar-refractivity contribution is 0.355. The lowest BCUT2D eigenvalue weighted by Crippen LogP contribution is -2.26. The Kier molecular flexibility index (Phi) is 3.72. The minimum absolute atomic E-state index is 0.471. The first-order valence-corrected chi connectivity index (χ1v) is 8.60. The zero-order valence-electron chi connectivity index (χ0n) is 13.2. The highest BCUT2D eigenvalue weighted by Crippen LogP contribution is 2.38. The third-order valence-corrected chi connectivity index (χ3v) is 5.51. The topological polar surface area (TPSA) is 61.5 Å². The van der Waals surface area contributed by atoms with Crippen LogP contribution in [0.3, 0.4) is 0 Å². The molecule has 1 saturated carbocycles. The van der Waals surface area contributed by atoms with Crippen molar-refractivity contribution in [3.8, 4) is 22.9 Å². The molecule has 0 radical (unpaired) electrons. The molecule has 1 aromatic heterocycles. The number of thioether (sulfide) groups is 1. The Balaban J connectivity index is 1.76. The van der Waals surface area contributed by atoms with Crippen molar-refractivity contribution in [1.82, 2.24) is 14.9 Å². The van der Waals surface area contributed by atoms with Gasteiger partial charge in [-0.05, 0) is 37.5 Å². The van der Waals surface area contributed by atoms with Crippen molar-refractivity contribution in [2.75, 3.05) is 14.2 Å². The van der Waals surface area contributed by atoms with E-state index in [-0.39, 0.29) is 0 Å². The van der Waals surface area contributed by atoms with Crippen LogP contribution < -0.4 is 9.47 Å². The molecule has 2 aromatic rings. The molecule has 2 aliphatic rings. The molecular weight excluding hydrogens is 312 g/mol. The van der Waals surface area contributed by atoms with Crippen LogP contribution in [-0.2, 0) is 0 Å². The van der Waals surface area contributed by atoms with E-state index < -0.39 is 0 Å². The highest BCUT2D eigenvalue weighted by atomic mass is 32.2. The van der Waals surface area contributed by atoms with Crippen molar-refractivity contribution >= 4 is 17.5 Å². The van der Waals surface area contributed by atoms with Crippen molar-refractivity contribution in [2.45, 2.75) is 36.1 Å². The smallest absolute Gasteiger partial charge is 0.213 e. The summed E-state index contributed by atoms with van der Waals surface area (Å²) in [6, 6.07) is 5.74. The van der Waals surface area contributed by atoms with Gasteiger partial charge >= 0.3 is 0 Å². The van der Waals surface area contributed by atoms with Gasteiger partial charge in [-0.15, -0.1) is 10.2 Å². The average Bonchev–Trinajstić information content (AvgIpc) is 3.01. The molecule has 4 rings (SSSR count). The van der Waals surface area contributed by atoms with Crippen LogP contribution in [0.25, 0.3) is 11.4 Å². The molecule has 0 amide bonds. The van der Waals surface area contributed by atoms with E-state index in [2.05, 4.69) is 10.2 Å². The van der Waals surface area contributed by atoms with Gasteiger partial charge in [-0.3, -0.25) is 0 Å². The molecule has 0 saturated heterocycles. The summed E-state index contributed by atoms with van der Waals surface area (Å²) < 4.78 is 12.5. The third-order valence-electron chi connectivity index (χ3n) is 4.25. The Bertz CT molecular complexity index is 771. The molecule has 0 N–H and O–H groups in total. The SMILES string of the molecule is COc1ccc(-c2nnc3n2N=C2CCCC[C@@H]2S3)cc1OC. The number of ether oxygens (including phenoxy) is 2. The van der Waals surface area contributed by atoms with Gasteiger partial charge in [0.25, 0.3) is 0 Å². The van der Waals surface area contributed by atoms with Crippen molar-refractivity contribution < 1.29 is 9.47 Å². The molecule has 1 aromatic carbocycles. The molecule has 1 fully saturated rings. The van der Waals surface area contributed by atoms with Crippen molar-refractivity contribution in [2.24, 2.45) is 5.10 Å². The first kappa shape index (κ1) is 14.6. The van der Waals surface area contributed by atoms with E-state index in [0.29, 0.717) is 16.7 Å². The van der Waals surface area contributed by atoms with E-state index >= 15 is 0 Å². The molecule has 0 bridgehead atoms. The van der Waals surface area contributed by atoms with Crippen LogP contribution in [0.4, 0.5) is 0 Å². The second kappa shape index (κ2) is 5.88. The van der Waals surface area contributed by atoms with Crippen LogP contribution in [-0.4, -0.2) is 40.1 Å². The monoisotopic (exact) mass is 330 g/mol. The molecule has 6 nitrogen and oxygen atoms in total. The summed E-state index contributed by atoms with van der Waals surface area (Å²) in [4.78, 5) is 0. The highest BCUT2D eigenvalue weighted by Gasteiger charge is 2.29. The van der Waals surface area contributed by atoms with E-state index in [1.165, 1.54) is 25.0 Å². The maximum atomic E-state index is 5.38. The molecule has 0 spiro atoms. The predicted octanol–water partition coefficient (Wildman–Crippen LogP) is 3.21. The summed E-state index contributed by atoms with van der Waals surface area (Å²) in [5.41, 5.74) is 2.18. The van der Waals surface area contributed by atoms with Gasteiger partial charge < -0.3 is 9.47 Å². The first-order valence-electron chi connectivity index (χ1n) is 7.72. The maximum Gasteiger partial charge on any atom is 0.213 e. The predicted molar refractivity (Wildman–Crippen MR) is 89.5 cm³/mol. The fourth-order valence-corrected chi connectivity index (χ4v) is 4.20. The zero-order chi connectivity index (χ0) is 15.8. The van der Waals surface area contributed by atoms with Gasteiger partial charge in [-0.1, -0.05) is 18.2 Å². The number of hydrogen-bond donors (Lipinski definition) is 0. The largest absolute Gasteiger partial charge is 0.493 e. The molecule has 1 aliphatic heterocycles. The fourth-order valence-electron chi connectivity index (χ4n) is 3.04. The van der Waals surface area contributed by atoms with Crippen LogP contribution in [0, 0.1) is 0 Å². The standard InChI is InChI=1S/C16H18N4O2S/c1-21-12-8-7-10(9-13(12)22-2)15-17-18-16-20(15)19-11-5-3-4-6-14(11)23-16/h7-9,14H,3-6H2,1-2H3/t14-/m0/s1. The quantitative estimate of drug-likeness (QED) is 0.865. The van der Waals surface area contributed by atoms with Gasteiger partial charge in [-0.25, -0.2) is 0 Å². The Morgan fingerprint density at radius 1 is 1.13 bits per heavy atom. The summed E-state index contributed by atoms with van der Waals surface area (Å²) in [5.74, 6) is 2.11. The molecule has 1 atom stereocenters. The molecular formula is C16H18N4O2S. The molecule has 0 unspecified atom stereocenters. The van der Waals surface area contributed by atoms with E-state index in [1.807, 2.05) is 22.9 Å². The van der Waals surface area contributed by atoms with Gasteiger partial charge in [0.2, 0.25) is 5.16 Å². The number of methoxy groups -OCH3 is 2. The lowest BCUT2D eigenvalue weighted by atomic mass is 9.98. The summed E-state index contributed by atoms with van der Waals surface area (Å²) >= 11 is 1.78. The number of rotatable bonds is 3. The summed E-state index contributed by atoms with van der Waals surface area (Å²) in [6.07, 6.45) is 4.75. The molecule has 2 heterocycles. The first-order chi connectivity index (χ1) is 11.3. The number of fused-ring (bicyclic) bond motifs is 2. The number of hydrogen-bond acceptors (Lipinski definition) is 6. The van der Waals surface area contributed by atoms with Crippen molar-refractivity contribution in [1.29, 1.82) is 0 Å². The Morgan fingerprint density at radius 2 is 2.00 bits per heavy atom. The number of nitrogens with zero attached hydrogens (tertiary/aromatic N) is 4. The van der Waals surface area contributed by atoms with Crippen LogP contribution in [0.2, 0.25) is 0 Å². The van der Waals surface area contributed by atoms with Crippen molar-refractivity contribution in [3.63, 3.8) is 0 Å². The van der Waals surface area contributed by atoms with Gasteiger partial charge in [0, 0.05) is 5.56 Å². The van der Waals surface area contributed by atoms with Crippen molar-refractivity contribution in [3.05, 3.63) is 18.2 Å². The summed E-state index contributed by atoms with van der Waals surface area (Å²) in [7, 11) is 3.26. The normalized spacial score (nSPS) is 19.6. The van der Waals surface area contributed by atoms with E-state index in [0.717, 1.165) is 23.0 Å². The Labute approximate surface area is 138 Å². The average molecular weight is 330 g/mol. The van der Waals surface area contributed by atoms with Gasteiger partial charge in [-0.2, -0.15) is 9.78 Å². The molecule has 7 heteroatoms. The fraction of sp³-hybridized carbons (Fsp3) is 0.438. The van der Waals surface area contributed by atoms with Crippen LogP contribution in [0.1, 0.15) is 25.7 Å². The van der Waals surface area contributed by atoms with Crippen LogP contribution in [0.5, 0.6) is 11.5 Å². The van der Waals surface area contributed by atoms with Gasteiger partial charge in [0.05, 0.1) is 25.2 Å². The number of benzene rings is 1. The molecule has 120 valence electrons. The minimum Gasteiger partial charge on any atom is -0.493 e. The van der Waals surface area contributed by atoms with Crippen LogP contribution >= 0.6 is 11.8 Å². The maximum absolute atomic E-state index is 5.38. The van der Waals surface area contributed by atoms with Crippen LogP contribution in [0.15, 0.2) is 28.5 Å². The third kappa shape index (κ3) is 2.49. The highest BCUT2D eigenvalue weighted by molar-refractivity contribution is 8.00. The van der Waals surface area contributed by atoms with E-state index in [1.54, 1.807) is 26.0 Å². The second-order valence-corrected chi connectivity index (χ2v) is 6.80. The van der Waals surface area contributed by atoms with Gasteiger partial charge in [0.15, 0.2) is 17.3 Å². The molecule has 23 heavy (non-hydrogen) atoms.